The summed E-state index contributed by atoms with van der Waals surface area (Å²) in [6, 6.07) is 11.1. The Hall–Kier alpha value is -3.22. The number of amides is 1. The van der Waals surface area contributed by atoms with Gasteiger partial charge in [0.1, 0.15) is 12.1 Å². The standard InChI is InChI=1S/C19H15F2N3O2/c1-26-13-4-2-3-12(8-13)24-10-22-19-18(24)14(9-17(25)23-19)11-5-6-15(20)16(21)7-11/h2-8,10,14H,9H2,1H3,(H,23,25)/t14-/m0/s1. The summed E-state index contributed by atoms with van der Waals surface area (Å²) in [5, 5.41) is 2.73. The number of aromatic nitrogens is 2. The van der Waals surface area contributed by atoms with E-state index in [1.165, 1.54) is 6.07 Å². The maximum atomic E-state index is 13.7. The Morgan fingerprint density at radius 2 is 2.04 bits per heavy atom. The van der Waals surface area contributed by atoms with Crippen molar-refractivity contribution in [1.82, 2.24) is 9.55 Å². The van der Waals surface area contributed by atoms with E-state index in [-0.39, 0.29) is 12.3 Å². The number of nitrogens with one attached hydrogen (secondary N) is 1. The van der Waals surface area contributed by atoms with Gasteiger partial charge in [-0.25, -0.2) is 13.8 Å². The van der Waals surface area contributed by atoms with Crippen LogP contribution in [0.5, 0.6) is 5.75 Å². The minimum Gasteiger partial charge on any atom is -0.497 e. The Morgan fingerprint density at radius 1 is 1.19 bits per heavy atom. The summed E-state index contributed by atoms with van der Waals surface area (Å²) >= 11 is 0. The van der Waals surface area contributed by atoms with E-state index in [4.69, 9.17) is 4.74 Å². The van der Waals surface area contributed by atoms with Gasteiger partial charge in [0.15, 0.2) is 17.5 Å². The van der Waals surface area contributed by atoms with Gasteiger partial charge in [-0.1, -0.05) is 12.1 Å². The van der Waals surface area contributed by atoms with Crippen LogP contribution in [0.15, 0.2) is 48.8 Å². The molecule has 5 nitrogen and oxygen atoms in total. The number of halogens is 2. The second kappa shape index (κ2) is 6.25. The van der Waals surface area contributed by atoms with E-state index >= 15 is 0 Å². The number of methoxy groups -OCH3 is 1. The zero-order valence-corrected chi connectivity index (χ0v) is 13.9. The third kappa shape index (κ3) is 2.71. The fourth-order valence-corrected chi connectivity index (χ4v) is 3.22. The van der Waals surface area contributed by atoms with E-state index in [1.807, 2.05) is 28.8 Å². The zero-order chi connectivity index (χ0) is 18.3. The molecule has 1 atom stereocenters. The van der Waals surface area contributed by atoms with Crippen LogP contribution in [-0.4, -0.2) is 22.6 Å². The van der Waals surface area contributed by atoms with Gasteiger partial charge in [0.25, 0.3) is 0 Å². The van der Waals surface area contributed by atoms with E-state index < -0.39 is 17.6 Å². The molecule has 0 saturated heterocycles. The third-order valence-electron chi connectivity index (χ3n) is 4.46. The highest BCUT2D eigenvalue weighted by Gasteiger charge is 2.31. The minimum absolute atomic E-state index is 0.119. The number of carbonyl (C=O) groups excluding carboxylic acids is 1. The van der Waals surface area contributed by atoms with Crippen molar-refractivity contribution in [1.29, 1.82) is 0 Å². The van der Waals surface area contributed by atoms with Crippen LogP contribution in [0.3, 0.4) is 0 Å². The van der Waals surface area contributed by atoms with Crippen LogP contribution in [0.1, 0.15) is 23.6 Å². The SMILES string of the molecule is COc1cccc(-n2cnc3c2[C@H](c2ccc(F)c(F)c2)CC(=O)N3)c1. The molecule has 2 heterocycles. The Labute approximate surface area is 148 Å². The second-order valence-electron chi connectivity index (χ2n) is 6.03. The number of rotatable bonds is 3. The molecular weight excluding hydrogens is 340 g/mol. The quantitative estimate of drug-likeness (QED) is 0.781. The van der Waals surface area contributed by atoms with Crippen molar-refractivity contribution in [2.75, 3.05) is 12.4 Å². The van der Waals surface area contributed by atoms with Crippen LogP contribution in [-0.2, 0) is 4.79 Å². The molecule has 0 aliphatic carbocycles. The predicted molar refractivity (Wildman–Crippen MR) is 91.6 cm³/mol. The Morgan fingerprint density at radius 3 is 2.81 bits per heavy atom. The fraction of sp³-hybridized carbons (Fsp3) is 0.158. The van der Waals surface area contributed by atoms with Crippen molar-refractivity contribution in [2.24, 2.45) is 0 Å². The zero-order valence-electron chi connectivity index (χ0n) is 13.9. The number of fused-ring (bicyclic) bond motifs is 1. The average molecular weight is 355 g/mol. The summed E-state index contributed by atoms with van der Waals surface area (Å²) in [5.74, 6) is -1.43. The van der Waals surface area contributed by atoms with Gasteiger partial charge in [-0.3, -0.25) is 4.79 Å². The molecule has 4 rings (SSSR count). The van der Waals surface area contributed by atoms with Crippen LogP contribution in [0.2, 0.25) is 0 Å². The van der Waals surface area contributed by atoms with Crippen molar-refractivity contribution in [3.05, 3.63) is 71.7 Å². The number of carbonyl (C=O) groups is 1. The maximum Gasteiger partial charge on any atom is 0.226 e. The largest absolute Gasteiger partial charge is 0.497 e. The predicted octanol–water partition coefficient (Wildman–Crippen LogP) is 3.63. The molecule has 0 unspecified atom stereocenters. The summed E-state index contributed by atoms with van der Waals surface area (Å²) in [6.45, 7) is 0. The molecular formula is C19H15F2N3O2. The highest BCUT2D eigenvalue weighted by atomic mass is 19.2. The molecule has 1 aliphatic rings. The molecule has 1 aliphatic heterocycles. The van der Waals surface area contributed by atoms with E-state index in [2.05, 4.69) is 10.3 Å². The van der Waals surface area contributed by atoms with E-state index in [0.717, 1.165) is 17.8 Å². The Bertz CT molecular complexity index is 1000. The summed E-state index contributed by atoms with van der Waals surface area (Å²) in [7, 11) is 1.58. The lowest BCUT2D eigenvalue weighted by Gasteiger charge is -2.25. The second-order valence-corrected chi connectivity index (χ2v) is 6.03. The lowest BCUT2D eigenvalue weighted by molar-refractivity contribution is -0.116. The number of nitrogens with zero attached hydrogens (tertiary/aromatic N) is 2. The van der Waals surface area contributed by atoms with Crippen LogP contribution in [0, 0.1) is 11.6 Å². The molecule has 7 heteroatoms. The average Bonchev–Trinajstić information content (AvgIpc) is 3.07. The van der Waals surface area contributed by atoms with Crippen LogP contribution >= 0.6 is 0 Å². The first kappa shape index (κ1) is 16.3. The number of ether oxygens (including phenoxy) is 1. The third-order valence-corrected chi connectivity index (χ3v) is 4.46. The maximum absolute atomic E-state index is 13.7. The molecule has 0 fully saturated rings. The first-order valence-corrected chi connectivity index (χ1v) is 8.03. The number of hydrogen-bond acceptors (Lipinski definition) is 3. The summed E-state index contributed by atoms with van der Waals surface area (Å²) in [5.41, 5.74) is 2.02. The minimum atomic E-state index is -0.942. The highest BCUT2D eigenvalue weighted by Crippen LogP contribution is 2.38. The molecule has 2 aromatic carbocycles. The highest BCUT2D eigenvalue weighted by molar-refractivity contribution is 5.94. The van der Waals surface area contributed by atoms with Gasteiger partial charge in [-0.15, -0.1) is 0 Å². The number of imidazole rings is 1. The van der Waals surface area contributed by atoms with Gasteiger partial charge in [0.05, 0.1) is 18.5 Å². The van der Waals surface area contributed by atoms with Crippen molar-refractivity contribution in [3.63, 3.8) is 0 Å². The van der Waals surface area contributed by atoms with Gasteiger partial charge < -0.3 is 14.6 Å². The van der Waals surface area contributed by atoms with Gasteiger partial charge >= 0.3 is 0 Å². The first-order chi connectivity index (χ1) is 12.6. The molecule has 1 aromatic heterocycles. The molecule has 0 bridgehead atoms. The van der Waals surface area contributed by atoms with E-state index in [9.17, 15) is 13.6 Å². The van der Waals surface area contributed by atoms with Crippen LogP contribution in [0.4, 0.5) is 14.6 Å². The van der Waals surface area contributed by atoms with Gasteiger partial charge in [0, 0.05) is 18.4 Å². The molecule has 3 aromatic rings. The van der Waals surface area contributed by atoms with E-state index in [1.54, 1.807) is 13.4 Å². The smallest absolute Gasteiger partial charge is 0.226 e. The number of benzene rings is 2. The summed E-state index contributed by atoms with van der Waals surface area (Å²) in [4.78, 5) is 16.3. The molecule has 132 valence electrons. The normalized spacial score (nSPS) is 16.1. The summed E-state index contributed by atoms with van der Waals surface area (Å²) < 4.78 is 34.1. The first-order valence-electron chi connectivity index (χ1n) is 8.03. The fourth-order valence-electron chi connectivity index (χ4n) is 3.22. The molecule has 1 amide bonds. The topological polar surface area (TPSA) is 56.2 Å². The summed E-state index contributed by atoms with van der Waals surface area (Å²) in [6.07, 6.45) is 1.71. The molecule has 0 spiro atoms. The molecule has 0 radical (unpaired) electrons. The molecule has 26 heavy (non-hydrogen) atoms. The van der Waals surface area contributed by atoms with Crippen LogP contribution in [0.25, 0.3) is 5.69 Å². The van der Waals surface area contributed by atoms with Crippen molar-refractivity contribution in [2.45, 2.75) is 12.3 Å². The van der Waals surface area contributed by atoms with Gasteiger partial charge in [0.2, 0.25) is 5.91 Å². The molecule has 1 N–H and O–H groups in total. The number of anilines is 1. The Balaban J connectivity index is 1.86. The van der Waals surface area contributed by atoms with Crippen molar-refractivity contribution >= 4 is 11.7 Å². The van der Waals surface area contributed by atoms with Crippen LogP contribution < -0.4 is 10.1 Å². The number of hydrogen-bond donors (Lipinski definition) is 1. The van der Waals surface area contributed by atoms with Crippen molar-refractivity contribution in [3.8, 4) is 11.4 Å². The van der Waals surface area contributed by atoms with Gasteiger partial charge in [-0.05, 0) is 29.8 Å². The monoisotopic (exact) mass is 355 g/mol. The molecule has 0 saturated carbocycles. The van der Waals surface area contributed by atoms with Crippen molar-refractivity contribution < 1.29 is 18.3 Å². The lowest BCUT2D eigenvalue weighted by atomic mass is 9.89. The van der Waals surface area contributed by atoms with E-state index in [0.29, 0.717) is 22.8 Å². The Kier molecular flexibility index (Phi) is 3.91. The van der Waals surface area contributed by atoms with Gasteiger partial charge in [-0.2, -0.15) is 0 Å². The lowest BCUT2D eigenvalue weighted by Crippen LogP contribution is -2.25.